The van der Waals surface area contributed by atoms with E-state index in [9.17, 15) is 4.79 Å². The number of nitrogens with two attached hydrogens (primary N) is 1. The second-order valence-electron chi connectivity index (χ2n) is 2.97. The Morgan fingerprint density at radius 2 is 2.21 bits per heavy atom. The zero-order valence-electron chi connectivity index (χ0n) is 8.53. The quantitative estimate of drug-likeness (QED) is 0.789. The zero-order valence-corrected chi connectivity index (χ0v) is 8.53. The lowest BCUT2D eigenvalue weighted by Gasteiger charge is -2.19. The van der Waals surface area contributed by atoms with Gasteiger partial charge in [0.25, 0.3) is 0 Å². The number of carbonyl (C=O) groups excluding carboxylic acids is 1. The predicted molar refractivity (Wildman–Crippen MR) is 57.0 cm³/mol. The molecule has 1 aromatic rings. The van der Waals surface area contributed by atoms with Gasteiger partial charge < -0.3 is 10.6 Å². The van der Waals surface area contributed by atoms with Gasteiger partial charge in [-0.1, -0.05) is 6.92 Å². The van der Waals surface area contributed by atoms with E-state index in [0.29, 0.717) is 18.7 Å². The number of hydrogen-bond acceptors (Lipinski definition) is 3. The maximum Gasteiger partial charge on any atom is 0.226 e. The highest BCUT2D eigenvalue weighted by molar-refractivity contribution is 5.93. The van der Waals surface area contributed by atoms with Crippen LogP contribution in [-0.4, -0.2) is 17.4 Å². The first-order chi connectivity index (χ1) is 6.69. The highest BCUT2D eigenvalue weighted by Gasteiger charge is 2.11. The average molecular weight is 193 g/mol. The molecular weight excluding hydrogens is 178 g/mol. The Morgan fingerprint density at radius 3 is 2.71 bits per heavy atom. The van der Waals surface area contributed by atoms with Crippen LogP contribution in [-0.2, 0) is 4.79 Å². The molecule has 4 nitrogen and oxygen atoms in total. The van der Waals surface area contributed by atoms with Crippen molar-refractivity contribution in [2.75, 3.05) is 17.2 Å². The van der Waals surface area contributed by atoms with E-state index in [2.05, 4.69) is 4.98 Å². The molecule has 0 unspecified atom stereocenters. The van der Waals surface area contributed by atoms with Crippen molar-refractivity contribution >= 4 is 17.3 Å². The van der Waals surface area contributed by atoms with E-state index < -0.39 is 0 Å². The summed E-state index contributed by atoms with van der Waals surface area (Å²) >= 11 is 0. The number of anilines is 2. The Hall–Kier alpha value is -1.58. The molecule has 1 heterocycles. The smallest absolute Gasteiger partial charge is 0.226 e. The van der Waals surface area contributed by atoms with E-state index in [1.807, 2.05) is 13.8 Å². The van der Waals surface area contributed by atoms with Crippen LogP contribution in [0.25, 0.3) is 0 Å². The van der Waals surface area contributed by atoms with Crippen LogP contribution in [0.1, 0.15) is 20.3 Å². The summed E-state index contributed by atoms with van der Waals surface area (Å²) in [6.07, 6.45) is 3.70. The summed E-state index contributed by atoms with van der Waals surface area (Å²) in [5.41, 5.74) is 6.93. The molecule has 0 aliphatic carbocycles. The molecule has 1 rings (SSSR count). The van der Waals surface area contributed by atoms with Crippen LogP contribution in [0.5, 0.6) is 0 Å². The van der Waals surface area contributed by atoms with E-state index in [4.69, 9.17) is 5.73 Å². The number of amides is 1. The van der Waals surface area contributed by atoms with Crippen molar-refractivity contribution in [2.24, 2.45) is 0 Å². The van der Waals surface area contributed by atoms with Gasteiger partial charge in [0, 0.05) is 19.2 Å². The minimum Gasteiger partial charge on any atom is -0.397 e. The van der Waals surface area contributed by atoms with Crippen molar-refractivity contribution in [1.29, 1.82) is 0 Å². The molecule has 0 radical (unpaired) electrons. The fourth-order valence-electron chi connectivity index (χ4n) is 1.29. The predicted octanol–water partition coefficient (Wildman–Crippen LogP) is 1.43. The van der Waals surface area contributed by atoms with Gasteiger partial charge in [-0.2, -0.15) is 0 Å². The fraction of sp³-hybridized carbons (Fsp3) is 0.400. The number of hydrogen-bond donors (Lipinski definition) is 1. The van der Waals surface area contributed by atoms with Crippen LogP contribution in [0.3, 0.4) is 0 Å². The minimum atomic E-state index is 0.0832. The number of pyridine rings is 1. The van der Waals surface area contributed by atoms with Gasteiger partial charge in [0.1, 0.15) is 0 Å². The number of nitrogen functional groups attached to an aromatic ring is 1. The average Bonchev–Trinajstić information content (AvgIpc) is 2.19. The van der Waals surface area contributed by atoms with Crippen LogP contribution in [0.2, 0.25) is 0 Å². The van der Waals surface area contributed by atoms with E-state index in [0.717, 1.165) is 5.69 Å². The summed E-state index contributed by atoms with van der Waals surface area (Å²) in [5, 5.41) is 0. The number of nitrogens with zero attached hydrogens (tertiary/aromatic N) is 2. The van der Waals surface area contributed by atoms with Gasteiger partial charge in [-0.05, 0) is 13.0 Å². The first-order valence-corrected chi connectivity index (χ1v) is 4.70. The number of carbonyl (C=O) groups is 1. The molecule has 0 spiro atoms. The molecule has 0 atom stereocenters. The van der Waals surface area contributed by atoms with Crippen molar-refractivity contribution in [3.05, 3.63) is 18.5 Å². The summed E-state index contributed by atoms with van der Waals surface area (Å²) in [4.78, 5) is 17.1. The van der Waals surface area contributed by atoms with Gasteiger partial charge in [-0.25, -0.2) is 0 Å². The number of rotatable bonds is 3. The van der Waals surface area contributed by atoms with Crippen molar-refractivity contribution in [2.45, 2.75) is 20.3 Å². The maximum atomic E-state index is 11.5. The lowest BCUT2D eigenvalue weighted by Crippen LogP contribution is -2.29. The van der Waals surface area contributed by atoms with Gasteiger partial charge in [0.05, 0.1) is 17.6 Å². The van der Waals surface area contributed by atoms with Crippen LogP contribution < -0.4 is 10.6 Å². The third-order valence-corrected chi connectivity index (χ3v) is 1.98. The molecule has 0 aliphatic heterocycles. The lowest BCUT2D eigenvalue weighted by molar-refractivity contribution is -0.118. The van der Waals surface area contributed by atoms with E-state index in [-0.39, 0.29) is 5.91 Å². The monoisotopic (exact) mass is 193 g/mol. The SMILES string of the molecule is CCC(=O)N(CC)c1cncc(N)c1. The zero-order chi connectivity index (χ0) is 10.6. The van der Waals surface area contributed by atoms with Crippen LogP contribution >= 0.6 is 0 Å². The molecule has 0 fully saturated rings. The van der Waals surface area contributed by atoms with Crippen LogP contribution in [0, 0.1) is 0 Å². The van der Waals surface area contributed by atoms with Crippen molar-refractivity contribution in [3.8, 4) is 0 Å². The standard InChI is InChI=1S/C10H15N3O/c1-3-10(14)13(4-2)9-5-8(11)6-12-7-9/h5-7H,3-4,11H2,1-2H3. The molecule has 0 saturated heterocycles. The normalized spacial score (nSPS) is 9.86. The van der Waals surface area contributed by atoms with Crippen LogP contribution in [0.4, 0.5) is 11.4 Å². The molecule has 1 amide bonds. The highest BCUT2D eigenvalue weighted by Crippen LogP contribution is 2.16. The maximum absolute atomic E-state index is 11.5. The topological polar surface area (TPSA) is 59.2 Å². The van der Waals surface area contributed by atoms with Gasteiger partial charge in [0.2, 0.25) is 5.91 Å². The molecule has 14 heavy (non-hydrogen) atoms. The van der Waals surface area contributed by atoms with Gasteiger partial charge >= 0.3 is 0 Å². The Morgan fingerprint density at radius 1 is 1.50 bits per heavy atom. The Bertz CT molecular complexity index is 325. The molecule has 2 N–H and O–H groups in total. The minimum absolute atomic E-state index is 0.0832. The molecule has 76 valence electrons. The highest BCUT2D eigenvalue weighted by atomic mass is 16.2. The van der Waals surface area contributed by atoms with Crippen molar-refractivity contribution in [3.63, 3.8) is 0 Å². The molecule has 0 bridgehead atoms. The second-order valence-corrected chi connectivity index (χ2v) is 2.97. The molecule has 0 aromatic carbocycles. The third-order valence-electron chi connectivity index (χ3n) is 1.98. The first kappa shape index (κ1) is 10.5. The van der Waals surface area contributed by atoms with E-state index >= 15 is 0 Å². The van der Waals surface area contributed by atoms with E-state index in [1.165, 1.54) is 0 Å². The number of aromatic nitrogens is 1. The molecular formula is C10H15N3O. The Labute approximate surface area is 83.7 Å². The van der Waals surface area contributed by atoms with Crippen molar-refractivity contribution in [1.82, 2.24) is 4.98 Å². The summed E-state index contributed by atoms with van der Waals surface area (Å²) in [5.74, 6) is 0.0832. The van der Waals surface area contributed by atoms with Gasteiger partial charge in [-0.15, -0.1) is 0 Å². The largest absolute Gasteiger partial charge is 0.397 e. The molecule has 0 saturated carbocycles. The summed E-state index contributed by atoms with van der Waals surface area (Å²) < 4.78 is 0. The summed E-state index contributed by atoms with van der Waals surface area (Å²) in [7, 11) is 0. The van der Waals surface area contributed by atoms with Gasteiger partial charge in [-0.3, -0.25) is 9.78 Å². The molecule has 1 aromatic heterocycles. The summed E-state index contributed by atoms with van der Waals surface area (Å²) in [6.45, 7) is 4.40. The Balaban J connectivity index is 2.94. The fourth-order valence-corrected chi connectivity index (χ4v) is 1.29. The van der Waals surface area contributed by atoms with Crippen LogP contribution in [0.15, 0.2) is 18.5 Å². The van der Waals surface area contributed by atoms with E-state index in [1.54, 1.807) is 23.4 Å². The van der Waals surface area contributed by atoms with Gasteiger partial charge in [0.15, 0.2) is 0 Å². The third kappa shape index (κ3) is 2.22. The van der Waals surface area contributed by atoms with Crippen molar-refractivity contribution < 1.29 is 4.79 Å². The Kier molecular flexibility index (Phi) is 3.45. The molecule has 4 heteroatoms. The summed E-state index contributed by atoms with van der Waals surface area (Å²) in [6, 6.07) is 1.75. The lowest BCUT2D eigenvalue weighted by atomic mass is 10.3. The molecule has 0 aliphatic rings. The first-order valence-electron chi connectivity index (χ1n) is 4.70. The second kappa shape index (κ2) is 4.60.